The third kappa shape index (κ3) is 4.00. The summed E-state index contributed by atoms with van der Waals surface area (Å²) < 4.78 is 0. The fraction of sp³-hybridized carbons (Fsp3) is 0.0556. The maximum absolute atomic E-state index is 13.3. The first-order chi connectivity index (χ1) is 19.2. The van der Waals surface area contributed by atoms with Crippen molar-refractivity contribution < 1.29 is 9.59 Å². The normalized spacial score (nSPS) is 15.1. The van der Waals surface area contributed by atoms with Gasteiger partial charge in [0.15, 0.2) is 11.6 Å². The smallest absolute Gasteiger partial charge is 0.197 e. The molecule has 0 fully saturated rings. The molecule has 1 aliphatic heterocycles. The Morgan fingerprint density at radius 2 is 1.13 bits per heavy atom. The molecule has 1 aliphatic carbocycles. The number of Topliss-reactive ketones (excluding diaryl/α,β-unsaturated/α-hetero) is 2. The third-order valence-electron chi connectivity index (χ3n) is 7.70. The molecule has 2 aliphatic rings. The van der Waals surface area contributed by atoms with Crippen LogP contribution in [0.4, 0.5) is 17.1 Å². The van der Waals surface area contributed by atoms with Crippen molar-refractivity contribution in [1.29, 1.82) is 0 Å². The molecule has 39 heavy (non-hydrogen) atoms. The number of aryl methyl sites for hydroxylation is 2. The van der Waals surface area contributed by atoms with Crippen molar-refractivity contribution in [1.82, 2.24) is 0 Å². The topological polar surface area (TPSA) is 37.4 Å². The molecule has 7 rings (SSSR count). The van der Waals surface area contributed by atoms with E-state index in [1.54, 1.807) is 12.1 Å². The van der Waals surface area contributed by atoms with Crippen LogP contribution in [0.2, 0.25) is 0 Å². The van der Waals surface area contributed by atoms with E-state index < -0.39 is 0 Å². The van der Waals surface area contributed by atoms with Gasteiger partial charge in [-0.15, -0.1) is 0 Å². The van der Waals surface area contributed by atoms with E-state index in [4.69, 9.17) is 0 Å². The van der Waals surface area contributed by atoms with Crippen LogP contribution >= 0.6 is 0 Å². The number of rotatable bonds is 3. The predicted octanol–water partition coefficient (Wildman–Crippen LogP) is 8.38. The molecule has 0 N–H and O–H groups in total. The van der Waals surface area contributed by atoms with Gasteiger partial charge in [0, 0.05) is 28.2 Å². The lowest BCUT2D eigenvalue weighted by molar-refractivity contribution is 0.0990. The van der Waals surface area contributed by atoms with Gasteiger partial charge < -0.3 is 4.90 Å². The van der Waals surface area contributed by atoms with Crippen molar-refractivity contribution in [2.45, 2.75) is 12.8 Å². The molecule has 3 heteroatoms. The van der Waals surface area contributed by atoms with E-state index in [2.05, 4.69) is 65.6 Å². The number of hydrogen-bond acceptors (Lipinski definition) is 3. The number of hydrogen-bond donors (Lipinski definition) is 0. The van der Waals surface area contributed by atoms with Crippen molar-refractivity contribution in [3.05, 3.63) is 155 Å². The van der Waals surface area contributed by atoms with E-state index in [0.717, 1.165) is 35.2 Å². The monoisotopic (exact) mass is 503 g/mol. The van der Waals surface area contributed by atoms with Gasteiger partial charge in [0.25, 0.3) is 0 Å². The number of carbonyl (C=O) groups is 2. The van der Waals surface area contributed by atoms with Gasteiger partial charge in [-0.3, -0.25) is 9.59 Å². The third-order valence-corrected chi connectivity index (χ3v) is 7.70. The minimum absolute atomic E-state index is 0.214. The van der Waals surface area contributed by atoms with Gasteiger partial charge in [-0.1, -0.05) is 84.9 Å². The zero-order valence-electron chi connectivity index (χ0n) is 21.3. The highest BCUT2D eigenvalue weighted by molar-refractivity contribution is 6.41. The Balaban J connectivity index is 1.23. The number of nitrogens with zero attached hydrogens (tertiary/aromatic N) is 1. The molecule has 0 spiro atoms. The average molecular weight is 504 g/mol. The minimum Gasteiger partial charge on any atom is -0.310 e. The predicted molar refractivity (Wildman–Crippen MR) is 157 cm³/mol. The zero-order valence-corrected chi connectivity index (χ0v) is 21.3. The SMILES string of the molecule is O=C1/C(=C\c2ccc(N3c4ccccc4CCc4ccccc43)cc2)C(=O)c2cc(-c3ccccc3)ccc21. The maximum atomic E-state index is 13.3. The van der Waals surface area contributed by atoms with Gasteiger partial charge in [0.1, 0.15) is 0 Å². The van der Waals surface area contributed by atoms with Gasteiger partial charge in [-0.05, 0) is 83.1 Å². The number of anilines is 3. The van der Waals surface area contributed by atoms with Crippen LogP contribution in [-0.2, 0) is 12.8 Å². The Morgan fingerprint density at radius 1 is 0.538 bits per heavy atom. The lowest BCUT2D eigenvalue weighted by Gasteiger charge is -2.27. The van der Waals surface area contributed by atoms with Crippen LogP contribution in [0.1, 0.15) is 37.4 Å². The highest BCUT2D eigenvalue weighted by atomic mass is 16.2. The summed E-state index contributed by atoms with van der Waals surface area (Å²) in [6.07, 6.45) is 3.70. The number of carbonyl (C=O) groups excluding carboxylic acids is 2. The van der Waals surface area contributed by atoms with Crippen LogP contribution < -0.4 is 4.90 Å². The molecule has 5 aromatic carbocycles. The lowest BCUT2D eigenvalue weighted by atomic mass is 10.0. The van der Waals surface area contributed by atoms with E-state index >= 15 is 0 Å². The molecule has 0 radical (unpaired) electrons. The minimum atomic E-state index is -0.216. The summed E-state index contributed by atoms with van der Waals surface area (Å²) in [4.78, 5) is 28.8. The van der Waals surface area contributed by atoms with Gasteiger partial charge in [-0.2, -0.15) is 0 Å². The van der Waals surface area contributed by atoms with E-state index in [1.807, 2.05) is 54.6 Å². The summed E-state index contributed by atoms with van der Waals surface area (Å²) in [5, 5.41) is 0. The second-order valence-corrected chi connectivity index (χ2v) is 10.0. The average Bonchev–Trinajstić information content (AvgIpc) is 3.12. The van der Waals surface area contributed by atoms with E-state index in [1.165, 1.54) is 22.5 Å². The van der Waals surface area contributed by atoms with Crippen LogP contribution in [-0.4, -0.2) is 11.6 Å². The molecule has 0 atom stereocenters. The van der Waals surface area contributed by atoms with Gasteiger partial charge in [0.05, 0.1) is 5.57 Å². The number of ketones is 2. The lowest BCUT2D eigenvalue weighted by Crippen LogP contribution is -2.11. The molecule has 0 bridgehead atoms. The quantitative estimate of drug-likeness (QED) is 0.183. The fourth-order valence-corrected chi connectivity index (χ4v) is 5.71. The molecule has 0 saturated heterocycles. The van der Waals surface area contributed by atoms with Crippen LogP contribution in [0.3, 0.4) is 0 Å². The highest BCUT2D eigenvalue weighted by Crippen LogP contribution is 2.41. The van der Waals surface area contributed by atoms with E-state index in [-0.39, 0.29) is 17.1 Å². The number of fused-ring (bicyclic) bond motifs is 3. The summed E-state index contributed by atoms with van der Waals surface area (Å²) in [7, 11) is 0. The van der Waals surface area contributed by atoms with E-state index in [0.29, 0.717) is 11.1 Å². The van der Waals surface area contributed by atoms with Crippen LogP contribution in [0.15, 0.2) is 127 Å². The van der Waals surface area contributed by atoms with Gasteiger partial charge in [0.2, 0.25) is 0 Å². The summed E-state index contributed by atoms with van der Waals surface area (Å²) in [6, 6.07) is 40.6. The standard InChI is InChI=1S/C36H25NO2/c38-35-30-21-18-28(25-8-2-1-3-9-25)23-31(30)36(39)32(35)22-24-14-19-29(20-15-24)37-33-12-6-4-10-26(33)16-17-27-11-5-7-13-34(27)37/h1-15,18-23H,16-17H2/b32-22+. The molecule has 186 valence electrons. The van der Waals surface area contributed by atoms with Gasteiger partial charge in [-0.25, -0.2) is 0 Å². The molecule has 0 amide bonds. The summed E-state index contributed by atoms with van der Waals surface area (Å²) >= 11 is 0. The fourth-order valence-electron chi connectivity index (χ4n) is 5.71. The van der Waals surface area contributed by atoms with Crippen molar-refractivity contribution in [2.24, 2.45) is 0 Å². The van der Waals surface area contributed by atoms with Crippen molar-refractivity contribution in [3.8, 4) is 11.1 Å². The molecular weight excluding hydrogens is 478 g/mol. The highest BCUT2D eigenvalue weighted by Gasteiger charge is 2.33. The van der Waals surface area contributed by atoms with Crippen molar-refractivity contribution in [2.75, 3.05) is 4.90 Å². The Morgan fingerprint density at radius 3 is 1.79 bits per heavy atom. The first-order valence-electron chi connectivity index (χ1n) is 13.2. The molecule has 0 saturated carbocycles. The van der Waals surface area contributed by atoms with Crippen molar-refractivity contribution >= 4 is 34.7 Å². The van der Waals surface area contributed by atoms with Crippen LogP contribution in [0.5, 0.6) is 0 Å². The van der Waals surface area contributed by atoms with Crippen molar-refractivity contribution in [3.63, 3.8) is 0 Å². The molecule has 5 aromatic rings. The van der Waals surface area contributed by atoms with Crippen LogP contribution in [0, 0.1) is 0 Å². The molecule has 0 aromatic heterocycles. The summed E-state index contributed by atoms with van der Waals surface area (Å²) in [6.45, 7) is 0. The molecule has 0 unspecified atom stereocenters. The number of para-hydroxylation sites is 2. The summed E-state index contributed by atoms with van der Waals surface area (Å²) in [5.41, 5.74) is 9.96. The molecule has 3 nitrogen and oxygen atoms in total. The zero-order chi connectivity index (χ0) is 26.3. The first-order valence-corrected chi connectivity index (χ1v) is 13.2. The summed E-state index contributed by atoms with van der Waals surface area (Å²) in [5.74, 6) is -0.429. The Bertz CT molecular complexity index is 1730. The van der Waals surface area contributed by atoms with Crippen LogP contribution in [0.25, 0.3) is 17.2 Å². The second kappa shape index (κ2) is 9.38. The van der Waals surface area contributed by atoms with E-state index in [9.17, 15) is 9.59 Å². The largest absolute Gasteiger partial charge is 0.310 e. The van der Waals surface area contributed by atoms with Gasteiger partial charge >= 0.3 is 0 Å². The number of benzene rings is 5. The molecule has 1 heterocycles. The first kappa shape index (κ1) is 23.1. The Hall–Kier alpha value is -5.02. The Kier molecular flexibility index (Phi) is 5.56. The molecular formula is C36H25NO2. The maximum Gasteiger partial charge on any atom is 0.197 e. The Labute approximate surface area is 227 Å². The number of allylic oxidation sites excluding steroid dienone is 1. The second-order valence-electron chi connectivity index (χ2n) is 10.0.